The number of azo groups is 4. The van der Waals surface area contributed by atoms with Crippen molar-refractivity contribution in [3.63, 3.8) is 0 Å². The van der Waals surface area contributed by atoms with E-state index in [0.29, 0.717) is 79.6 Å². The first-order chi connectivity index (χ1) is 35.7. The lowest BCUT2D eigenvalue weighted by atomic mass is 10.1. The van der Waals surface area contributed by atoms with Crippen LogP contribution >= 0.6 is 0 Å². The molecule has 0 saturated heterocycles. The van der Waals surface area contributed by atoms with E-state index in [1.165, 1.54) is 18.2 Å². The van der Waals surface area contributed by atoms with Gasteiger partial charge >= 0.3 is 0 Å². The molecule has 0 spiro atoms. The van der Waals surface area contributed by atoms with Crippen molar-refractivity contribution < 1.29 is 61.7 Å². The minimum Gasteiger partial charge on any atom is -0.505 e. The van der Waals surface area contributed by atoms with Crippen LogP contribution in [0.25, 0.3) is 21.5 Å². The van der Waals surface area contributed by atoms with Gasteiger partial charge in [-0.2, -0.15) is 64.4 Å². The van der Waals surface area contributed by atoms with Crippen LogP contribution in [0.1, 0.15) is 22.3 Å². The molecule has 390 valence electrons. The third-order valence-electron chi connectivity index (χ3n) is 11.5. The highest BCUT2D eigenvalue weighted by Gasteiger charge is 2.26. The molecular formula is C49H41N9O14S4. The topological polar surface area (TPSA) is 358 Å². The van der Waals surface area contributed by atoms with Crippen LogP contribution < -0.4 is 10.1 Å². The summed E-state index contributed by atoms with van der Waals surface area (Å²) in [7, 11) is -18.6. The molecule has 0 atom stereocenters. The zero-order valence-corrected chi connectivity index (χ0v) is 43.4. The molecule has 6 N–H and O–H groups in total. The fraction of sp³-hybridized carbons (Fsp3) is 0.102. The number of benzene rings is 8. The number of methoxy groups -OCH3 is 1. The van der Waals surface area contributed by atoms with Crippen LogP contribution in [-0.4, -0.2) is 64.1 Å². The molecule has 0 saturated carbocycles. The summed E-state index contributed by atoms with van der Waals surface area (Å²) in [5.41, 5.74) is 5.03. The van der Waals surface area contributed by atoms with Gasteiger partial charge in [-0.1, -0.05) is 0 Å². The third kappa shape index (κ3) is 12.1. The number of hydrogen-bond donors (Lipinski definition) is 6. The molecule has 8 aromatic carbocycles. The zero-order valence-electron chi connectivity index (χ0n) is 40.2. The Balaban J connectivity index is 0.972. The van der Waals surface area contributed by atoms with Gasteiger partial charge < -0.3 is 15.2 Å². The standard InChI is InChI=1S/C49H41N9O14S4/c1-26-16-35(9-14-40(26)53-51-34-10-15-41(27(2)17-34)54-57-44-25-39-31(22-46(44)75(66,67)68)21-37(73(60,61)62)24-45(39)74(63,64)65)52-55-42-18-29(4)43(19-28(42)3)56-58-48-47(76(69,70)71)23-30-20-33(8-13-38(30)49(48)59)50-32-6-11-36(72-5)12-7-32/h6-25,50,59H,1-5H3,(H,60,61,62)(H,63,64,65)(H,66,67,68)(H,69,70,71). The van der Waals surface area contributed by atoms with Crippen LogP contribution in [0, 0.1) is 27.7 Å². The van der Waals surface area contributed by atoms with Crippen molar-refractivity contribution in [1.82, 2.24) is 0 Å². The highest BCUT2D eigenvalue weighted by molar-refractivity contribution is 7.87. The van der Waals surface area contributed by atoms with Gasteiger partial charge in [-0.05, 0) is 182 Å². The number of phenols is 1. The van der Waals surface area contributed by atoms with E-state index in [9.17, 15) is 57.0 Å². The van der Waals surface area contributed by atoms with E-state index in [-0.39, 0.29) is 11.1 Å². The van der Waals surface area contributed by atoms with E-state index in [4.69, 9.17) is 4.74 Å². The molecule has 0 radical (unpaired) electrons. The number of nitrogens with zero attached hydrogens (tertiary/aromatic N) is 8. The fourth-order valence-electron chi connectivity index (χ4n) is 7.59. The Morgan fingerprint density at radius 3 is 1.41 bits per heavy atom. The van der Waals surface area contributed by atoms with Crippen LogP contribution in [0.15, 0.2) is 182 Å². The summed E-state index contributed by atoms with van der Waals surface area (Å²) in [5, 5.41) is 48.0. The second kappa shape index (κ2) is 20.8. The lowest BCUT2D eigenvalue weighted by molar-refractivity contribution is 0.415. The Bertz CT molecular complexity index is 4310. The summed E-state index contributed by atoms with van der Waals surface area (Å²) >= 11 is 0. The molecule has 27 heteroatoms. The van der Waals surface area contributed by atoms with Gasteiger partial charge in [0, 0.05) is 22.1 Å². The average molecular weight is 1110 g/mol. The van der Waals surface area contributed by atoms with E-state index in [0.717, 1.165) is 17.8 Å². The molecule has 0 heterocycles. The van der Waals surface area contributed by atoms with Gasteiger partial charge in [0.15, 0.2) is 5.75 Å². The normalized spacial score (nSPS) is 12.8. The molecular weight excluding hydrogens is 1070 g/mol. The third-order valence-corrected chi connectivity index (χ3v) is 14.9. The lowest BCUT2D eigenvalue weighted by Gasteiger charge is -2.12. The number of hydrogen-bond acceptors (Lipinski definition) is 19. The molecule has 0 aliphatic carbocycles. The highest BCUT2D eigenvalue weighted by Crippen LogP contribution is 2.43. The summed E-state index contributed by atoms with van der Waals surface area (Å²) < 4.78 is 143. The zero-order chi connectivity index (χ0) is 55.1. The van der Waals surface area contributed by atoms with Gasteiger partial charge in [0.05, 0.1) is 46.1 Å². The number of aromatic hydroxyl groups is 1. The predicted molar refractivity (Wildman–Crippen MR) is 280 cm³/mol. The van der Waals surface area contributed by atoms with E-state index >= 15 is 0 Å². The summed E-state index contributed by atoms with van der Waals surface area (Å²) in [6.45, 7) is 6.91. The first-order valence-electron chi connectivity index (χ1n) is 21.9. The van der Waals surface area contributed by atoms with Crippen LogP contribution in [0.2, 0.25) is 0 Å². The van der Waals surface area contributed by atoms with Crippen molar-refractivity contribution in [3.8, 4) is 11.5 Å². The summed E-state index contributed by atoms with van der Waals surface area (Å²) in [5.74, 6) is 0.162. The molecule has 0 fully saturated rings. The van der Waals surface area contributed by atoms with Gasteiger partial charge in [-0.15, -0.1) is 10.2 Å². The second-order valence-corrected chi connectivity index (χ2v) is 22.5. The maximum absolute atomic E-state index is 12.6. The van der Waals surface area contributed by atoms with Crippen molar-refractivity contribution in [2.24, 2.45) is 40.9 Å². The van der Waals surface area contributed by atoms with Crippen LogP contribution in [0.5, 0.6) is 11.5 Å². The van der Waals surface area contributed by atoms with Gasteiger partial charge in [0.1, 0.15) is 31.8 Å². The van der Waals surface area contributed by atoms with Crippen LogP contribution in [0.4, 0.5) is 56.9 Å². The molecule has 76 heavy (non-hydrogen) atoms. The van der Waals surface area contributed by atoms with Gasteiger partial charge in [0.2, 0.25) is 0 Å². The van der Waals surface area contributed by atoms with Gasteiger partial charge in [-0.3, -0.25) is 18.2 Å². The largest absolute Gasteiger partial charge is 0.505 e. The van der Waals surface area contributed by atoms with Crippen molar-refractivity contribution in [2.45, 2.75) is 47.3 Å². The molecule has 8 aromatic rings. The maximum atomic E-state index is 12.6. The number of ether oxygens (including phenoxy) is 1. The van der Waals surface area contributed by atoms with Gasteiger partial charge in [-0.25, -0.2) is 0 Å². The molecule has 0 unspecified atom stereocenters. The molecule has 23 nitrogen and oxygen atoms in total. The first-order valence-corrected chi connectivity index (χ1v) is 27.6. The second-order valence-electron chi connectivity index (χ2n) is 16.9. The van der Waals surface area contributed by atoms with Crippen LogP contribution in [0.3, 0.4) is 0 Å². The Hall–Kier alpha value is -8.28. The molecule has 0 aromatic heterocycles. The quantitative estimate of drug-likeness (QED) is 0.0410. The molecule has 0 aliphatic heterocycles. The molecule has 0 bridgehead atoms. The summed E-state index contributed by atoms with van der Waals surface area (Å²) in [4.78, 5) is -3.50. The Morgan fingerprint density at radius 1 is 0.408 bits per heavy atom. The molecule has 0 aliphatic rings. The minimum absolute atomic E-state index is 0.192. The highest BCUT2D eigenvalue weighted by atomic mass is 32.2. The molecule has 8 rings (SSSR count). The number of phenolic OH excluding ortho intramolecular Hbond substituents is 1. The Labute approximate surface area is 434 Å². The van der Waals surface area contributed by atoms with E-state index in [1.54, 1.807) is 114 Å². The van der Waals surface area contributed by atoms with Crippen molar-refractivity contribution in [1.29, 1.82) is 0 Å². The first kappa shape index (κ1) is 54.0. The fourth-order valence-corrected chi connectivity index (χ4v) is 10.2. The lowest BCUT2D eigenvalue weighted by Crippen LogP contribution is -2.05. The Kier molecular flexibility index (Phi) is 14.8. The number of nitrogens with one attached hydrogen (secondary N) is 1. The number of rotatable bonds is 15. The van der Waals surface area contributed by atoms with Crippen LogP contribution in [-0.2, 0) is 40.5 Å². The Morgan fingerprint density at radius 2 is 0.882 bits per heavy atom. The number of fused-ring (bicyclic) bond motifs is 2. The maximum Gasteiger partial charge on any atom is 0.296 e. The van der Waals surface area contributed by atoms with Crippen molar-refractivity contribution >= 4 is 119 Å². The number of anilines is 2. The summed E-state index contributed by atoms with van der Waals surface area (Å²) in [6.07, 6.45) is 0. The summed E-state index contributed by atoms with van der Waals surface area (Å²) in [6, 6.07) is 29.1. The van der Waals surface area contributed by atoms with E-state index in [1.807, 2.05) is 0 Å². The smallest absolute Gasteiger partial charge is 0.296 e. The van der Waals surface area contributed by atoms with Crippen molar-refractivity contribution in [3.05, 3.63) is 144 Å². The predicted octanol–water partition coefficient (Wildman–Crippen LogP) is 13.3. The number of aryl methyl sites for hydroxylation is 4. The molecule has 0 amide bonds. The minimum atomic E-state index is -5.14. The van der Waals surface area contributed by atoms with E-state index < -0.39 is 88.0 Å². The van der Waals surface area contributed by atoms with Crippen molar-refractivity contribution in [2.75, 3.05) is 12.4 Å². The van der Waals surface area contributed by atoms with E-state index in [2.05, 4.69) is 46.2 Å². The SMILES string of the molecule is COc1ccc(Nc2ccc3c(O)c(N=Nc4cc(C)c(N=Nc5ccc(N=Nc6ccc(N=Nc7cc8c(S(=O)(=O)O)cc(S(=O)(=O)O)cc8cc7S(=O)(=O)O)c(C)c6)c(C)c5)cc4C)c(S(=O)(=O)O)cc3c2)cc1. The van der Waals surface area contributed by atoms with Gasteiger partial charge in [0.25, 0.3) is 40.5 Å². The average Bonchev–Trinajstić information content (AvgIpc) is 3.37. The monoisotopic (exact) mass is 1110 g/mol.